The van der Waals surface area contributed by atoms with Gasteiger partial charge in [-0.15, -0.1) is 0 Å². The molecule has 10 rings (SSSR count). The highest BCUT2D eigenvalue weighted by molar-refractivity contribution is 6.13. The Balaban J connectivity index is 1.22. The van der Waals surface area contributed by atoms with E-state index < -0.39 is 0 Å². The summed E-state index contributed by atoms with van der Waals surface area (Å²) in [5.41, 5.74) is 14.4. The summed E-state index contributed by atoms with van der Waals surface area (Å²) in [6.45, 7) is 9.24. The smallest absolute Gasteiger partial charge is 0.188 e. The molecule has 0 spiro atoms. The van der Waals surface area contributed by atoms with Crippen LogP contribution in [-0.2, 0) is 13.1 Å². The van der Waals surface area contributed by atoms with Crippen molar-refractivity contribution in [3.63, 3.8) is 0 Å². The number of anilines is 1. The molecule has 1 aliphatic heterocycles. The molecular formula is C45H29N3O. The Labute approximate surface area is 283 Å². The molecule has 4 heteroatoms. The summed E-state index contributed by atoms with van der Waals surface area (Å²) in [6, 6.07) is 53.8. The molecule has 3 heterocycles. The average molecular weight is 628 g/mol. The van der Waals surface area contributed by atoms with E-state index in [1.165, 1.54) is 39.1 Å². The molecule has 0 N–H and O–H groups in total. The van der Waals surface area contributed by atoms with Crippen LogP contribution in [0.5, 0.6) is 0 Å². The highest BCUT2D eigenvalue weighted by atomic mass is 16.3. The number of fused-ring (bicyclic) bond motifs is 9. The Morgan fingerprint density at radius 3 is 2.08 bits per heavy atom. The topological polar surface area (TPSA) is 25.7 Å². The lowest BCUT2D eigenvalue weighted by molar-refractivity contribution is 0.669. The zero-order valence-electron chi connectivity index (χ0n) is 26.6. The first-order valence-corrected chi connectivity index (χ1v) is 16.6. The van der Waals surface area contributed by atoms with Crippen molar-refractivity contribution in [2.45, 2.75) is 13.1 Å². The average Bonchev–Trinajstić information content (AvgIpc) is 3.65. The Morgan fingerprint density at radius 2 is 1.22 bits per heavy atom. The molecule has 0 unspecified atom stereocenters. The fraction of sp³-hybridized carbons (Fsp3) is 0.0444. The molecule has 7 aromatic carbocycles. The number of aromatic nitrogens is 1. The summed E-state index contributed by atoms with van der Waals surface area (Å²) in [5.74, 6) is 0. The van der Waals surface area contributed by atoms with Crippen molar-refractivity contribution in [3.05, 3.63) is 174 Å². The van der Waals surface area contributed by atoms with Gasteiger partial charge in [0.2, 0.25) is 0 Å². The lowest BCUT2D eigenvalue weighted by atomic mass is 9.91. The maximum Gasteiger partial charge on any atom is 0.188 e. The number of hydrogen-bond donors (Lipinski definition) is 0. The van der Waals surface area contributed by atoms with E-state index in [1.54, 1.807) is 0 Å². The quantitative estimate of drug-likeness (QED) is 0.182. The van der Waals surface area contributed by atoms with Gasteiger partial charge in [0.1, 0.15) is 11.2 Å². The van der Waals surface area contributed by atoms with Crippen molar-refractivity contribution < 1.29 is 4.42 Å². The Hall–Kier alpha value is -6.57. The minimum absolute atomic E-state index is 0.653. The van der Waals surface area contributed by atoms with Crippen LogP contribution in [-0.4, -0.2) is 4.57 Å². The maximum absolute atomic E-state index is 7.63. The molecule has 0 fully saturated rings. The molecule has 230 valence electrons. The van der Waals surface area contributed by atoms with Gasteiger partial charge < -0.3 is 13.9 Å². The second-order valence-electron chi connectivity index (χ2n) is 12.8. The van der Waals surface area contributed by atoms with Gasteiger partial charge in [0.25, 0.3) is 0 Å². The molecule has 0 atom stereocenters. The number of hydrogen-bond acceptors (Lipinski definition) is 2. The van der Waals surface area contributed by atoms with Gasteiger partial charge in [0.15, 0.2) is 5.69 Å². The molecule has 49 heavy (non-hydrogen) atoms. The Bertz CT molecular complexity index is 2800. The zero-order chi connectivity index (χ0) is 32.5. The van der Waals surface area contributed by atoms with E-state index in [-0.39, 0.29) is 0 Å². The SMILES string of the molecule is [C-]#[N+]c1ccc2c(c1)c1ccccc1n2-c1ccc2c(c1)-c1cc(-c3cccc4oc5ccccc5c34)ccc1CN(c1ccccc1)C2. The monoisotopic (exact) mass is 627 g/mol. The summed E-state index contributed by atoms with van der Waals surface area (Å²) in [5, 5.41) is 4.53. The fourth-order valence-electron chi connectivity index (χ4n) is 7.84. The molecule has 2 aromatic heterocycles. The molecule has 0 radical (unpaired) electrons. The summed E-state index contributed by atoms with van der Waals surface area (Å²) < 4.78 is 8.63. The van der Waals surface area contributed by atoms with Crippen molar-refractivity contribution in [1.29, 1.82) is 0 Å². The van der Waals surface area contributed by atoms with Gasteiger partial charge in [-0.05, 0) is 99.4 Å². The standard InChI is InChI=1S/C45H29N3O/c1-46-32-21-23-42-40(25-32)36-12-5-7-15-41(36)48(42)34-22-20-31-28-47(33-10-3-2-4-11-33)27-30-19-18-29(24-38(30)39(31)26-34)35-14-9-17-44-45(35)37-13-6-8-16-43(37)49-44/h2-26H,27-28H2. The van der Waals surface area contributed by atoms with Gasteiger partial charge in [-0.3, -0.25) is 0 Å². The fourth-order valence-corrected chi connectivity index (χ4v) is 7.84. The summed E-state index contributed by atoms with van der Waals surface area (Å²) in [4.78, 5) is 6.20. The third-order valence-electron chi connectivity index (χ3n) is 10.1. The zero-order valence-corrected chi connectivity index (χ0v) is 26.6. The predicted molar refractivity (Wildman–Crippen MR) is 202 cm³/mol. The van der Waals surface area contributed by atoms with Crippen molar-refractivity contribution in [3.8, 4) is 27.9 Å². The molecule has 0 amide bonds. The van der Waals surface area contributed by atoms with Gasteiger partial charge >= 0.3 is 0 Å². The maximum atomic E-state index is 7.63. The van der Waals surface area contributed by atoms with Crippen LogP contribution in [0.1, 0.15) is 11.1 Å². The highest BCUT2D eigenvalue weighted by Crippen LogP contribution is 2.42. The lowest BCUT2D eigenvalue weighted by Crippen LogP contribution is -2.20. The van der Waals surface area contributed by atoms with Gasteiger partial charge in [-0.2, -0.15) is 0 Å². The van der Waals surface area contributed by atoms with E-state index >= 15 is 0 Å². The summed E-state index contributed by atoms with van der Waals surface area (Å²) in [6.07, 6.45) is 0. The van der Waals surface area contributed by atoms with E-state index in [4.69, 9.17) is 11.0 Å². The van der Waals surface area contributed by atoms with Crippen LogP contribution in [0.15, 0.2) is 156 Å². The first kappa shape index (κ1) is 27.5. The molecule has 0 aliphatic carbocycles. The number of nitrogens with zero attached hydrogens (tertiary/aromatic N) is 3. The Kier molecular flexibility index (Phi) is 6.03. The second kappa shape index (κ2) is 10.7. The number of para-hydroxylation sites is 3. The van der Waals surface area contributed by atoms with Gasteiger partial charge in [0, 0.05) is 40.6 Å². The van der Waals surface area contributed by atoms with E-state index in [2.05, 4.69) is 142 Å². The Morgan fingerprint density at radius 1 is 0.510 bits per heavy atom. The van der Waals surface area contributed by atoms with Crippen molar-refractivity contribution in [2.75, 3.05) is 4.90 Å². The molecule has 0 saturated carbocycles. The minimum Gasteiger partial charge on any atom is -0.456 e. The number of benzene rings is 7. The predicted octanol–water partition coefficient (Wildman–Crippen LogP) is 12.1. The van der Waals surface area contributed by atoms with Crippen molar-refractivity contribution >= 4 is 55.1 Å². The molecule has 0 bridgehead atoms. The van der Waals surface area contributed by atoms with Crippen LogP contribution >= 0.6 is 0 Å². The number of rotatable bonds is 3. The van der Waals surface area contributed by atoms with Crippen LogP contribution in [0.25, 0.3) is 76.5 Å². The van der Waals surface area contributed by atoms with E-state index in [0.29, 0.717) is 5.69 Å². The number of furan rings is 1. The third-order valence-corrected chi connectivity index (χ3v) is 10.1. The van der Waals surface area contributed by atoms with Crippen LogP contribution in [0.4, 0.5) is 11.4 Å². The normalized spacial score (nSPS) is 12.7. The summed E-state index contributed by atoms with van der Waals surface area (Å²) in [7, 11) is 0. The van der Waals surface area contributed by atoms with E-state index in [0.717, 1.165) is 62.5 Å². The third kappa shape index (κ3) is 4.30. The first-order valence-electron chi connectivity index (χ1n) is 16.6. The molecule has 0 saturated heterocycles. The van der Waals surface area contributed by atoms with Crippen molar-refractivity contribution in [2.24, 2.45) is 0 Å². The van der Waals surface area contributed by atoms with E-state index in [9.17, 15) is 0 Å². The minimum atomic E-state index is 0.653. The first-order chi connectivity index (χ1) is 24.2. The molecule has 9 aromatic rings. The highest BCUT2D eigenvalue weighted by Gasteiger charge is 2.23. The van der Waals surface area contributed by atoms with Gasteiger partial charge in [-0.25, -0.2) is 4.85 Å². The molecule has 1 aliphatic rings. The van der Waals surface area contributed by atoms with Crippen LogP contribution in [0.3, 0.4) is 0 Å². The van der Waals surface area contributed by atoms with Crippen LogP contribution in [0, 0.1) is 6.57 Å². The molecular weight excluding hydrogens is 599 g/mol. The van der Waals surface area contributed by atoms with Gasteiger partial charge in [0.05, 0.1) is 17.6 Å². The van der Waals surface area contributed by atoms with Crippen molar-refractivity contribution in [1.82, 2.24) is 4.57 Å². The van der Waals surface area contributed by atoms with E-state index in [1.807, 2.05) is 24.3 Å². The summed E-state index contributed by atoms with van der Waals surface area (Å²) >= 11 is 0. The van der Waals surface area contributed by atoms with Crippen LogP contribution in [0.2, 0.25) is 0 Å². The van der Waals surface area contributed by atoms with Gasteiger partial charge in [-0.1, -0.05) is 91.0 Å². The second-order valence-corrected chi connectivity index (χ2v) is 12.8. The molecule has 4 nitrogen and oxygen atoms in total. The van der Waals surface area contributed by atoms with Crippen LogP contribution < -0.4 is 4.90 Å². The largest absolute Gasteiger partial charge is 0.456 e. The lowest BCUT2D eigenvalue weighted by Gasteiger charge is -2.24.